The van der Waals surface area contributed by atoms with Crippen LogP contribution in [0.3, 0.4) is 0 Å². The first-order chi connectivity index (χ1) is 7.34. The molecule has 0 saturated carbocycles. The van der Waals surface area contributed by atoms with Crippen molar-refractivity contribution in [3.05, 3.63) is 0 Å². The number of urea groups is 1. The third-order valence-corrected chi connectivity index (χ3v) is 1.93. The molecular formula is C9H17N3O4. The molecule has 0 unspecified atom stereocenters. The largest absolute Gasteiger partial charge is 0.480 e. The molecule has 0 aromatic heterocycles. The van der Waals surface area contributed by atoms with Gasteiger partial charge in [0.1, 0.15) is 6.54 Å². The van der Waals surface area contributed by atoms with E-state index in [-0.39, 0.29) is 18.6 Å². The minimum absolute atomic E-state index is 0.0297. The standard InChI is InChI=1S/C9H17N3O4/c1-6(2)12(3)9(16)11-4-7(13)10-5-8(14)15/h6H,4-5H2,1-3H3,(H,10,13)(H,11,16)(H,14,15). The highest BCUT2D eigenvalue weighted by atomic mass is 16.4. The van der Waals surface area contributed by atoms with E-state index in [1.807, 2.05) is 13.8 Å². The van der Waals surface area contributed by atoms with Gasteiger partial charge in [-0.3, -0.25) is 9.59 Å². The van der Waals surface area contributed by atoms with Crippen LogP contribution in [-0.2, 0) is 9.59 Å². The topological polar surface area (TPSA) is 98.7 Å². The van der Waals surface area contributed by atoms with Crippen molar-refractivity contribution in [2.24, 2.45) is 0 Å². The van der Waals surface area contributed by atoms with E-state index in [1.54, 1.807) is 7.05 Å². The predicted molar refractivity (Wildman–Crippen MR) is 56.9 cm³/mol. The number of carbonyl (C=O) groups excluding carboxylic acids is 2. The summed E-state index contributed by atoms with van der Waals surface area (Å²) < 4.78 is 0. The molecule has 92 valence electrons. The van der Waals surface area contributed by atoms with Gasteiger partial charge in [-0.1, -0.05) is 0 Å². The van der Waals surface area contributed by atoms with Gasteiger partial charge in [0, 0.05) is 13.1 Å². The zero-order valence-corrected chi connectivity index (χ0v) is 9.61. The summed E-state index contributed by atoms with van der Waals surface area (Å²) in [5, 5.41) is 12.8. The van der Waals surface area contributed by atoms with E-state index in [0.717, 1.165) is 0 Å². The van der Waals surface area contributed by atoms with Crippen LogP contribution in [0.5, 0.6) is 0 Å². The summed E-state index contributed by atoms with van der Waals surface area (Å²) in [6, 6.07) is -0.345. The summed E-state index contributed by atoms with van der Waals surface area (Å²) in [6.45, 7) is 2.99. The molecule has 0 aromatic rings. The molecule has 0 aromatic carbocycles. The summed E-state index contributed by atoms with van der Waals surface area (Å²) in [6.07, 6.45) is 0. The van der Waals surface area contributed by atoms with Crippen molar-refractivity contribution < 1.29 is 19.5 Å². The van der Waals surface area contributed by atoms with Crippen molar-refractivity contribution in [2.75, 3.05) is 20.1 Å². The van der Waals surface area contributed by atoms with Crippen LogP contribution in [0, 0.1) is 0 Å². The number of carbonyl (C=O) groups is 3. The Bertz CT molecular complexity index is 278. The van der Waals surface area contributed by atoms with Crippen molar-refractivity contribution in [3.63, 3.8) is 0 Å². The zero-order valence-electron chi connectivity index (χ0n) is 9.61. The van der Waals surface area contributed by atoms with E-state index in [1.165, 1.54) is 4.90 Å². The third kappa shape index (κ3) is 5.84. The first-order valence-corrected chi connectivity index (χ1v) is 4.83. The number of hydrogen-bond donors (Lipinski definition) is 3. The van der Waals surface area contributed by atoms with E-state index >= 15 is 0 Å². The Morgan fingerprint density at radius 1 is 1.19 bits per heavy atom. The average Bonchev–Trinajstić information content (AvgIpc) is 2.21. The van der Waals surface area contributed by atoms with Gasteiger partial charge in [0.15, 0.2) is 0 Å². The zero-order chi connectivity index (χ0) is 12.7. The molecule has 16 heavy (non-hydrogen) atoms. The fourth-order valence-corrected chi connectivity index (χ4v) is 0.752. The lowest BCUT2D eigenvalue weighted by atomic mass is 10.4. The van der Waals surface area contributed by atoms with Gasteiger partial charge in [0.05, 0.1) is 6.54 Å². The van der Waals surface area contributed by atoms with Crippen molar-refractivity contribution in [3.8, 4) is 0 Å². The smallest absolute Gasteiger partial charge is 0.322 e. The minimum Gasteiger partial charge on any atom is -0.480 e. The number of hydrogen-bond acceptors (Lipinski definition) is 3. The second-order valence-electron chi connectivity index (χ2n) is 3.53. The third-order valence-electron chi connectivity index (χ3n) is 1.93. The Morgan fingerprint density at radius 3 is 2.19 bits per heavy atom. The Labute approximate surface area is 93.8 Å². The summed E-state index contributed by atoms with van der Waals surface area (Å²) in [5.74, 6) is -1.66. The summed E-state index contributed by atoms with van der Waals surface area (Å²) in [5.41, 5.74) is 0. The Morgan fingerprint density at radius 2 is 1.75 bits per heavy atom. The van der Waals surface area contributed by atoms with Gasteiger partial charge in [-0.2, -0.15) is 0 Å². The van der Waals surface area contributed by atoms with Crippen LogP contribution in [0.25, 0.3) is 0 Å². The molecule has 0 bridgehead atoms. The van der Waals surface area contributed by atoms with Crippen LogP contribution in [0.1, 0.15) is 13.8 Å². The van der Waals surface area contributed by atoms with Gasteiger partial charge in [-0.05, 0) is 13.8 Å². The number of rotatable bonds is 5. The number of carboxylic acid groups (broad SMARTS) is 1. The first-order valence-electron chi connectivity index (χ1n) is 4.83. The number of nitrogens with one attached hydrogen (secondary N) is 2. The van der Waals surface area contributed by atoms with E-state index in [9.17, 15) is 14.4 Å². The molecule has 0 atom stereocenters. The molecule has 3 amide bonds. The van der Waals surface area contributed by atoms with Gasteiger partial charge in [0.25, 0.3) is 0 Å². The fourth-order valence-electron chi connectivity index (χ4n) is 0.752. The van der Waals surface area contributed by atoms with Gasteiger partial charge in [-0.25, -0.2) is 4.79 Å². The molecule has 0 aliphatic rings. The maximum Gasteiger partial charge on any atom is 0.322 e. The van der Waals surface area contributed by atoms with Crippen molar-refractivity contribution in [1.82, 2.24) is 15.5 Å². The molecule has 0 aliphatic carbocycles. The number of aliphatic carboxylic acids is 1. The molecule has 3 N–H and O–H groups in total. The number of amides is 3. The van der Waals surface area contributed by atoms with Crippen LogP contribution in [0.4, 0.5) is 4.79 Å². The maximum atomic E-state index is 11.3. The van der Waals surface area contributed by atoms with Gasteiger partial charge in [0.2, 0.25) is 5.91 Å². The molecule has 0 aliphatic heterocycles. The van der Waals surface area contributed by atoms with E-state index < -0.39 is 18.4 Å². The monoisotopic (exact) mass is 231 g/mol. The van der Waals surface area contributed by atoms with Crippen molar-refractivity contribution in [2.45, 2.75) is 19.9 Å². The van der Waals surface area contributed by atoms with Crippen LogP contribution in [0.15, 0.2) is 0 Å². The van der Waals surface area contributed by atoms with Crippen molar-refractivity contribution in [1.29, 1.82) is 0 Å². The second-order valence-corrected chi connectivity index (χ2v) is 3.53. The van der Waals surface area contributed by atoms with Crippen molar-refractivity contribution >= 4 is 17.9 Å². The summed E-state index contributed by atoms with van der Waals surface area (Å²) in [7, 11) is 1.61. The molecule has 0 heterocycles. The highest BCUT2D eigenvalue weighted by molar-refractivity contribution is 5.86. The summed E-state index contributed by atoms with van der Waals surface area (Å²) >= 11 is 0. The maximum absolute atomic E-state index is 11.3. The Kier molecular flexibility index (Phi) is 5.91. The minimum atomic E-state index is -1.13. The molecule has 0 fully saturated rings. The lowest BCUT2D eigenvalue weighted by Gasteiger charge is -2.21. The SMILES string of the molecule is CC(C)N(C)C(=O)NCC(=O)NCC(=O)O. The first kappa shape index (κ1) is 14.2. The van der Waals surface area contributed by atoms with E-state index in [0.29, 0.717) is 0 Å². The molecule has 7 heteroatoms. The average molecular weight is 231 g/mol. The Balaban J connectivity index is 3.83. The number of nitrogens with zero attached hydrogens (tertiary/aromatic N) is 1. The molecule has 0 spiro atoms. The van der Waals surface area contributed by atoms with Crippen LogP contribution >= 0.6 is 0 Å². The lowest BCUT2D eigenvalue weighted by Crippen LogP contribution is -2.45. The lowest BCUT2D eigenvalue weighted by molar-refractivity contribution is -0.137. The molecule has 0 saturated heterocycles. The highest BCUT2D eigenvalue weighted by Gasteiger charge is 2.12. The van der Waals surface area contributed by atoms with Gasteiger partial charge in [-0.15, -0.1) is 0 Å². The molecule has 7 nitrogen and oxygen atoms in total. The van der Waals surface area contributed by atoms with E-state index in [2.05, 4.69) is 10.6 Å². The summed E-state index contributed by atoms with van der Waals surface area (Å²) in [4.78, 5) is 33.9. The highest BCUT2D eigenvalue weighted by Crippen LogP contribution is 1.92. The van der Waals surface area contributed by atoms with Crippen LogP contribution in [0.2, 0.25) is 0 Å². The van der Waals surface area contributed by atoms with Gasteiger partial charge < -0.3 is 20.6 Å². The fraction of sp³-hybridized carbons (Fsp3) is 0.667. The van der Waals surface area contributed by atoms with E-state index in [4.69, 9.17) is 5.11 Å². The molecule has 0 radical (unpaired) electrons. The quantitative estimate of drug-likeness (QED) is 0.579. The molecular weight excluding hydrogens is 214 g/mol. The normalized spacial score (nSPS) is 9.75. The van der Waals surface area contributed by atoms with Gasteiger partial charge >= 0.3 is 12.0 Å². The number of carboxylic acids is 1. The molecule has 0 rings (SSSR count). The second kappa shape index (κ2) is 6.65. The van der Waals surface area contributed by atoms with Crippen LogP contribution < -0.4 is 10.6 Å². The Hall–Kier alpha value is -1.79. The predicted octanol–water partition coefficient (Wildman–Crippen LogP) is -0.763. The van der Waals surface area contributed by atoms with Crippen LogP contribution in [-0.4, -0.2) is 54.1 Å².